The van der Waals surface area contributed by atoms with Gasteiger partial charge in [0.1, 0.15) is 4.88 Å². The number of hydrogen-bond acceptors (Lipinski definition) is 3. The van der Waals surface area contributed by atoms with E-state index in [-0.39, 0.29) is 22.7 Å². The molecule has 0 saturated heterocycles. The Morgan fingerprint density at radius 2 is 1.77 bits per heavy atom. The first-order valence-electron chi connectivity index (χ1n) is 10.2. The molecule has 3 rings (SSSR count). The van der Waals surface area contributed by atoms with Crippen LogP contribution in [0.2, 0.25) is 5.02 Å². The molecule has 3 aromatic rings. The van der Waals surface area contributed by atoms with E-state index in [0.29, 0.717) is 22.8 Å². The van der Waals surface area contributed by atoms with Crippen molar-refractivity contribution >= 4 is 40.5 Å². The molecular weight excluding hydrogens is 432 g/mol. The highest BCUT2D eigenvalue weighted by atomic mass is 35.5. The maximum Gasteiger partial charge on any atom is 0.348 e. The molecule has 0 spiro atoms. The zero-order chi connectivity index (χ0) is 22.5. The van der Waals surface area contributed by atoms with E-state index >= 15 is 0 Å². The number of carboxylic acid groups (broad SMARTS) is 1. The molecule has 0 bridgehead atoms. The summed E-state index contributed by atoms with van der Waals surface area (Å²) in [6.07, 6.45) is 0.824. The van der Waals surface area contributed by atoms with Gasteiger partial charge in [0, 0.05) is 4.88 Å². The molecule has 4 N–H and O–H groups in total. The number of thiophene rings is 1. The number of hydrogen-bond donors (Lipinski definition) is 2. The molecule has 31 heavy (non-hydrogen) atoms. The normalized spacial score (nSPS) is 12.9. The first-order chi connectivity index (χ1) is 14.9. The molecule has 0 fully saturated rings. The molecule has 5 nitrogen and oxygen atoms in total. The molecule has 2 atom stereocenters. The van der Waals surface area contributed by atoms with Crippen LogP contribution in [0.5, 0.6) is 0 Å². The van der Waals surface area contributed by atoms with E-state index in [9.17, 15) is 14.7 Å². The Hall–Kier alpha value is -2.67. The molecule has 0 aliphatic heterocycles. The monoisotopic (exact) mass is 457 g/mol. The van der Waals surface area contributed by atoms with Crippen molar-refractivity contribution in [2.45, 2.75) is 26.3 Å². The fraction of sp³-hybridized carbons (Fsp3) is 0.250. The third kappa shape index (κ3) is 4.82. The summed E-state index contributed by atoms with van der Waals surface area (Å²) >= 11 is 7.50. The average molecular weight is 458 g/mol. The summed E-state index contributed by atoms with van der Waals surface area (Å²) < 4.78 is 0. The van der Waals surface area contributed by atoms with Crippen molar-refractivity contribution in [2.24, 2.45) is 5.92 Å². The molecule has 2 aromatic carbocycles. The predicted molar refractivity (Wildman–Crippen MR) is 126 cm³/mol. The minimum absolute atomic E-state index is 0.116. The number of nitrogens with zero attached hydrogens (tertiary/aromatic N) is 1. The Bertz CT molecular complexity index is 1070. The minimum atomic E-state index is -1.06. The van der Waals surface area contributed by atoms with Gasteiger partial charge in [-0.15, -0.1) is 11.3 Å². The van der Waals surface area contributed by atoms with Gasteiger partial charge in [0.15, 0.2) is 0 Å². The van der Waals surface area contributed by atoms with E-state index in [1.165, 1.54) is 11.3 Å². The highest BCUT2D eigenvalue weighted by Crippen LogP contribution is 2.39. The number of amides is 1. The number of quaternary nitrogens is 1. The molecule has 0 aliphatic carbocycles. The number of carbonyl (C=O) groups is 2. The first-order valence-corrected chi connectivity index (χ1v) is 11.4. The topological polar surface area (TPSA) is 85.3 Å². The highest BCUT2D eigenvalue weighted by molar-refractivity contribution is 7.18. The summed E-state index contributed by atoms with van der Waals surface area (Å²) in [5.41, 5.74) is 5.70. The Kier molecular flexibility index (Phi) is 7.49. The zero-order valence-electron chi connectivity index (χ0n) is 17.5. The summed E-state index contributed by atoms with van der Waals surface area (Å²) in [4.78, 5) is 28.4. The van der Waals surface area contributed by atoms with Gasteiger partial charge in [0.05, 0.1) is 28.9 Å². The van der Waals surface area contributed by atoms with Gasteiger partial charge in [-0.2, -0.15) is 0 Å². The maximum atomic E-state index is 13.7. The van der Waals surface area contributed by atoms with Crippen molar-refractivity contribution in [1.29, 1.82) is 0 Å². The van der Waals surface area contributed by atoms with Crippen LogP contribution in [0.25, 0.3) is 10.4 Å². The molecule has 1 heterocycles. The maximum absolute atomic E-state index is 13.7. The number of benzene rings is 2. The molecule has 0 saturated carbocycles. The molecule has 1 amide bonds. The minimum Gasteiger partial charge on any atom is -0.477 e. The van der Waals surface area contributed by atoms with Crippen molar-refractivity contribution < 1.29 is 20.4 Å². The number of rotatable bonds is 8. The molecular formula is C24H26ClN2O3S+. The standard InChI is InChI=1S/C24H25ClN2O3S/c1-3-15(2)20(14-26)27(23(28)17-11-7-8-12-18(17)25)19-13-21(31-22(19)24(29)30)16-9-5-4-6-10-16/h4-13,15,20H,3,14,26H2,1-2H3,(H,29,30)/p+1. The summed E-state index contributed by atoms with van der Waals surface area (Å²) in [5.74, 6) is -1.27. The smallest absolute Gasteiger partial charge is 0.348 e. The van der Waals surface area contributed by atoms with E-state index in [1.54, 1.807) is 35.2 Å². The van der Waals surface area contributed by atoms with Gasteiger partial charge < -0.3 is 10.8 Å². The lowest BCUT2D eigenvalue weighted by molar-refractivity contribution is -0.373. The van der Waals surface area contributed by atoms with Crippen LogP contribution in [-0.2, 0) is 0 Å². The van der Waals surface area contributed by atoms with Crippen LogP contribution in [-0.4, -0.2) is 29.6 Å². The lowest BCUT2D eigenvalue weighted by Crippen LogP contribution is -2.63. The Balaban J connectivity index is 2.22. The molecule has 0 radical (unpaired) electrons. The lowest BCUT2D eigenvalue weighted by atomic mass is 9.96. The number of aromatic carboxylic acids is 1. The molecule has 0 aliphatic rings. The van der Waals surface area contributed by atoms with Gasteiger partial charge in [0.2, 0.25) is 0 Å². The van der Waals surface area contributed by atoms with Gasteiger partial charge in [-0.3, -0.25) is 9.69 Å². The van der Waals surface area contributed by atoms with E-state index in [1.807, 2.05) is 44.2 Å². The molecule has 1 aromatic heterocycles. The van der Waals surface area contributed by atoms with Crippen LogP contribution in [0.4, 0.5) is 5.69 Å². The summed E-state index contributed by atoms with van der Waals surface area (Å²) in [5, 5.41) is 10.3. The van der Waals surface area contributed by atoms with Crippen LogP contribution in [0, 0.1) is 5.92 Å². The second-order valence-corrected chi connectivity index (χ2v) is 8.85. The summed E-state index contributed by atoms with van der Waals surface area (Å²) in [6.45, 7) is 4.54. The summed E-state index contributed by atoms with van der Waals surface area (Å²) in [7, 11) is 0. The van der Waals surface area contributed by atoms with Crippen molar-refractivity contribution in [3.05, 3.63) is 76.1 Å². The predicted octanol–water partition coefficient (Wildman–Crippen LogP) is 5.07. The van der Waals surface area contributed by atoms with Crippen LogP contribution in [0.3, 0.4) is 0 Å². The summed E-state index contributed by atoms with van der Waals surface area (Å²) in [6, 6.07) is 17.9. The lowest BCUT2D eigenvalue weighted by Gasteiger charge is -2.33. The fourth-order valence-corrected chi connectivity index (χ4v) is 4.81. The van der Waals surface area contributed by atoms with Gasteiger partial charge >= 0.3 is 5.97 Å². The second-order valence-electron chi connectivity index (χ2n) is 7.39. The van der Waals surface area contributed by atoms with E-state index < -0.39 is 5.97 Å². The average Bonchev–Trinajstić information content (AvgIpc) is 3.22. The van der Waals surface area contributed by atoms with Crippen LogP contribution in [0.15, 0.2) is 60.7 Å². The van der Waals surface area contributed by atoms with E-state index in [4.69, 9.17) is 11.6 Å². The Morgan fingerprint density at radius 3 is 2.35 bits per heavy atom. The van der Waals surface area contributed by atoms with Crippen molar-refractivity contribution in [1.82, 2.24) is 0 Å². The Labute approximate surface area is 191 Å². The van der Waals surface area contributed by atoms with Crippen LogP contribution >= 0.6 is 22.9 Å². The Morgan fingerprint density at radius 1 is 1.13 bits per heavy atom. The molecule has 2 unspecified atom stereocenters. The molecule has 162 valence electrons. The third-order valence-electron chi connectivity index (χ3n) is 5.48. The van der Waals surface area contributed by atoms with Crippen molar-refractivity contribution in [3.63, 3.8) is 0 Å². The van der Waals surface area contributed by atoms with Crippen LogP contribution in [0.1, 0.15) is 40.3 Å². The van der Waals surface area contributed by atoms with Crippen LogP contribution < -0.4 is 10.6 Å². The number of carbonyl (C=O) groups excluding carboxylic acids is 1. The van der Waals surface area contributed by atoms with Gasteiger partial charge in [-0.25, -0.2) is 4.79 Å². The fourth-order valence-electron chi connectivity index (χ4n) is 3.60. The quantitative estimate of drug-likeness (QED) is 0.495. The largest absolute Gasteiger partial charge is 0.477 e. The number of anilines is 1. The van der Waals surface area contributed by atoms with E-state index in [0.717, 1.165) is 16.9 Å². The molecule has 7 heteroatoms. The third-order valence-corrected chi connectivity index (χ3v) is 6.97. The van der Waals surface area contributed by atoms with E-state index in [2.05, 4.69) is 5.73 Å². The first kappa shape index (κ1) is 23.0. The SMILES string of the molecule is CCC(C)C(C[NH3+])N(C(=O)c1ccccc1Cl)c1cc(-c2ccccc2)sc1C(=O)O. The van der Waals surface area contributed by atoms with Gasteiger partial charge in [-0.05, 0) is 29.7 Å². The zero-order valence-corrected chi connectivity index (χ0v) is 19.1. The van der Waals surface area contributed by atoms with Crippen molar-refractivity contribution in [2.75, 3.05) is 11.4 Å². The highest BCUT2D eigenvalue weighted by Gasteiger charge is 2.35. The number of halogens is 1. The number of carboxylic acids is 1. The van der Waals surface area contributed by atoms with Crippen molar-refractivity contribution in [3.8, 4) is 10.4 Å². The van der Waals surface area contributed by atoms with Gasteiger partial charge in [-0.1, -0.05) is 74.3 Å². The second kappa shape index (κ2) is 10.1. The van der Waals surface area contributed by atoms with Gasteiger partial charge in [0.25, 0.3) is 5.91 Å².